The standard InChI is InChI=1S/C17H22N4O2S2/c1-10-18-16(25-20-10)19-14(22)13-8-7-12(24-13)11-6-5-9-21(11)15(23)17(2,3)4/h7-8,11H,5-6,9H2,1-4H3,(H,18,19,20,22)/t11-/m0/s1. The molecule has 25 heavy (non-hydrogen) atoms. The molecule has 1 aliphatic rings. The van der Waals surface area contributed by atoms with Gasteiger partial charge in [0.1, 0.15) is 5.82 Å². The predicted molar refractivity (Wildman–Crippen MR) is 100 cm³/mol. The van der Waals surface area contributed by atoms with Crippen molar-refractivity contribution >= 4 is 39.8 Å². The summed E-state index contributed by atoms with van der Waals surface area (Å²) in [6, 6.07) is 3.85. The number of thiophene rings is 1. The van der Waals surface area contributed by atoms with Crippen molar-refractivity contribution in [3.63, 3.8) is 0 Å². The number of aromatic nitrogens is 2. The first kappa shape index (κ1) is 18.0. The van der Waals surface area contributed by atoms with Crippen LogP contribution < -0.4 is 5.32 Å². The fourth-order valence-corrected chi connectivity index (χ4v) is 4.52. The maximum absolute atomic E-state index is 12.7. The minimum atomic E-state index is -0.393. The van der Waals surface area contributed by atoms with E-state index in [0.29, 0.717) is 15.8 Å². The largest absolute Gasteiger partial charge is 0.334 e. The van der Waals surface area contributed by atoms with Crippen molar-refractivity contribution in [3.8, 4) is 0 Å². The number of hydrogen-bond acceptors (Lipinski definition) is 6. The second-order valence-corrected chi connectivity index (χ2v) is 9.08. The van der Waals surface area contributed by atoms with E-state index in [4.69, 9.17) is 0 Å². The number of hydrogen-bond donors (Lipinski definition) is 1. The van der Waals surface area contributed by atoms with Crippen LogP contribution in [0.2, 0.25) is 0 Å². The van der Waals surface area contributed by atoms with Crippen LogP contribution in [0.3, 0.4) is 0 Å². The second-order valence-electron chi connectivity index (χ2n) is 7.21. The van der Waals surface area contributed by atoms with Crippen LogP contribution in [0.4, 0.5) is 5.13 Å². The van der Waals surface area contributed by atoms with Gasteiger partial charge in [-0.2, -0.15) is 4.37 Å². The smallest absolute Gasteiger partial charge is 0.267 e. The molecule has 0 aliphatic carbocycles. The van der Waals surface area contributed by atoms with Gasteiger partial charge in [0.25, 0.3) is 5.91 Å². The summed E-state index contributed by atoms with van der Waals surface area (Å²) >= 11 is 2.62. The van der Waals surface area contributed by atoms with Gasteiger partial charge in [0.05, 0.1) is 10.9 Å². The zero-order valence-corrected chi connectivity index (χ0v) is 16.5. The van der Waals surface area contributed by atoms with E-state index in [2.05, 4.69) is 14.7 Å². The van der Waals surface area contributed by atoms with Gasteiger partial charge in [-0.25, -0.2) is 4.98 Å². The van der Waals surface area contributed by atoms with Crippen molar-refractivity contribution in [1.29, 1.82) is 0 Å². The van der Waals surface area contributed by atoms with Gasteiger partial charge in [-0.3, -0.25) is 14.9 Å². The van der Waals surface area contributed by atoms with E-state index in [1.54, 1.807) is 6.92 Å². The lowest BCUT2D eigenvalue weighted by molar-refractivity contribution is -0.140. The summed E-state index contributed by atoms with van der Waals surface area (Å²) in [6.07, 6.45) is 1.94. The summed E-state index contributed by atoms with van der Waals surface area (Å²) in [5, 5.41) is 3.28. The van der Waals surface area contributed by atoms with Gasteiger partial charge in [0, 0.05) is 28.4 Å². The summed E-state index contributed by atoms with van der Waals surface area (Å²) in [5.41, 5.74) is -0.393. The molecule has 134 valence electrons. The van der Waals surface area contributed by atoms with Gasteiger partial charge in [-0.05, 0) is 31.9 Å². The fraction of sp³-hybridized carbons (Fsp3) is 0.529. The highest BCUT2D eigenvalue weighted by atomic mass is 32.1. The van der Waals surface area contributed by atoms with E-state index < -0.39 is 5.41 Å². The number of carbonyl (C=O) groups is 2. The molecule has 0 aromatic carbocycles. The van der Waals surface area contributed by atoms with Crippen molar-refractivity contribution in [2.45, 2.75) is 46.6 Å². The molecule has 8 heteroatoms. The Morgan fingerprint density at radius 1 is 1.32 bits per heavy atom. The van der Waals surface area contributed by atoms with E-state index in [9.17, 15) is 9.59 Å². The molecule has 0 spiro atoms. The number of nitrogens with one attached hydrogen (secondary N) is 1. The molecule has 6 nitrogen and oxygen atoms in total. The highest BCUT2D eigenvalue weighted by molar-refractivity contribution is 7.14. The normalized spacial score (nSPS) is 17.8. The van der Waals surface area contributed by atoms with Crippen LogP contribution in [0.15, 0.2) is 12.1 Å². The Labute approximate surface area is 155 Å². The molecule has 0 unspecified atom stereocenters. The summed E-state index contributed by atoms with van der Waals surface area (Å²) in [6.45, 7) is 8.41. The van der Waals surface area contributed by atoms with Crippen LogP contribution >= 0.6 is 22.9 Å². The van der Waals surface area contributed by atoms with Gasteiger partial charge in [0.2, 0.25) is 11.0 Å². The van der Waals surface area contributed by atoms with Crippen molar-refractivity contribution in [1.82, 2.24) is 14.3 Å². The molecule has 1 fully saturated rings. The SMILES string of the molecule is Cc1nsc(NC(=O)c2ccc([C@@H]3CCCN3C(=O)C(C)(C)C)s2)n1. The third-order valence-corrected chi connectivity index (χ3v) is 5.99. The molecule has 0 bridgehead atoms. The maximum atomic E-state index is 12.7. The highest BCUT2D eigenvalue weighted by Gasteiger charge is 2.36. The molecule has 1 N–H and O–H groups in total. The van der Waals surface area contributed by atoms with Crippen LogP contribution in [0.5, 0.6) is 0 Å². The summed E-state index contributed by atoms with van der Waals surface area (Å²) in [7, 11) is 0. The lowest BCUT2D eigenvalue weighted by Crippen LogP contribution is -2.38. The van der Waals surface area contributed by atoms with Crippen LogP contribution in [-0.2, 0) is 4.79 Å². The van der Waals surface area contributed by atoms with Crippen LogP contribution in [0, 0.1) is 12.3 Å². The number of amides is 2. The Bertz CT molecular complexity index is 791. The minimum Gasteiger partial charge on any atom is -0.334 e. The third-order valence-electron chi connectivity index (χ3n) is 4.08. The molecule has 0 radical (unpaired) electrons. The zero-order valence-electron chi connectivity index (χ0n) is 14.8. The average Bonchev–Trinajstić information content (AvgIpc) is 3.24. The van der Waals surface area contributed by atoms with Gasteiger partial charge in [-0.1, -0.05) is 20.8 Å². The van der Waals surface area contributed by atoms with Gasteiger partial charge in [-0.15, -0.1) is 11.3 Å². The van der Waals surface area contributed by atoms with Crippen LogP contribution in [-0.4, -0.2) is 32.6 Å². The van der Waals surface area contributed by atoms with Gasteiger partial charge in [0.15, 0.2) is 0 Å². The Kier molecular flexibility index (Phi) is 4.92. The summed E-state index contributed by atoms with van der Waals surface area (Å²) < 4.78 is 4.06. The van der Waals surface area contributed by atoms with E-state index in [-0.39, 0.29) is 17.9 Å². The molecular weight excluding hydrogens is 356 g/mol. The molecule has 3 rings (SSSR count). The van der Waals surface area contributed by atoms with Crippen molar-refractivity contribution < 1.29 is 9.59 Å². The van der Waals surface area contributed by atoms with Crippen LogP contribution in [0.1, 0.15) is 60.0 Å². The molecule has 2 aromatic heterocycles. The first-order chi connectivity index (χ1) is 11.8. The number of aryl methyl sites for hydroxylation is 1. The third kappa shape index (κ3) is 3.90. The van der Waals surface area contributed by atoms with E-state index in [1.807, 2.05) is 37.8 Å². The van der Waals surface area contributed by atoms with E-state index >= 15 is 0 Å². The Hall–Kier alpha value is -1.80. The average molecular weight is 379 g/mol. The zero-order chi connectivity index (χ0) is 18.2. The molecular formula is C17H22N4O2S2. The lowest BCUT2D eigenvalue weighted by Gasteiger charge is -2.30. The highest BCUT2D eigenvalue weighted by Crippen LogP contribution is 2.38. The molecule has 1 atom stereocenters. The Balaban J connectivity index is 1.74. The molecule has 3 heterocycles. The number of carbonyl (C=O) groups excluding carboxylic acids is 2. The first-order valence-corrected chi connectivity index (χ1v) is 9.87. The minimum absolute atomic E-state index is 0.0713. The topological polar surface area (TPSA) is 75.2 Å². The van der Waals surface area contributed by atoms with Crippen molar-refractivity contribution in [2.24, 2.45) is 5.41 Å². The van der Waals surface area contributed by atoms with Crippen molar-refractivity contribution in [2.75, 3.05) is 11.9 Å². The number of nitrogens with zero attached hydrogens (tertiary/aromatic N) is 3. The predicted octanol–water partition coefficient (Wildman–Crippen LogP) is 3.87. The van der Waals surface area contributed by atoms with Crippen LogP contribution in [0.25, 0.3) is 0 Å². The summed E-state index contributed by atoms with van der Waals surface area (Å²) in [4.78, 5) is 32.9. The number of anilines is 1. The fourth-order valence-electron chi connectivity index (χ4n) is 2.90. The first-order valence-electron chi connectivity index (χ1n) is 8.28. The Morgan fingerprint density at radius 3 is 2.72 bits per heavy atom. The lowest BCUT2D eigenvalue weighted by atomic mass is 9.94. The monoisotopic (exact) mass is 378 g/mol. The molecule has 1 aliphatic heterocycles. The van der Waals surface area contributed by atoms with E-state index in [0.717, 1.165) is 24.3 Å². The maximum Gasteiger partial charge on any atom is 0.267 e. The Morgan fingerprint density at radius 2 is 2.08 bits per heavy atom. The van der Waals surface area contributed by atoms with Crippen molar-refractivity contribution in [3.05, 3.63) is 27.7 Å². The summed E-state index contributed by atoms with van der Waals surface area (Å²) in [5.74, 6) is 0.632. The van der Waals surface area contributed by atoms with Gasteiger partial charge < -0.3 is 4.90 Å². The molecule has 2 aromatic rings. The second kappa shape index (κ2) is 6.84. The molecule has 0 saturated carbocycles. The molecule has 2 amide bonds. The molecule has 1 saturated heterocycles. The van der Waals surface area contributed by atoms with E-state index in [1.165, 1.54) is 22.9 Å². The quantitative estimate of drug-likeness (QED) is 0.880. The number of likely N-dealkylation sites (tertiary alicyclic amines) is 1. The number of rotatable bonds is 3. The van der Waals surface area contributed by atoms with Gasteiger partial charge >= 0.3 is 0 Å².